The van der Waals surface area contributed by atoms with Gasteiger partial charge in [-0.2, -0.15) is 0 Å². The smallest absolute Gasteiger partial charge is 0.299 e. The number of carbonyl (C=O) groups excluding carboxylic acids is 4. The number of Topliss-reactive ketones (excluding diaryl/α,β-unsaturated/α-hetero) is 1. The molecule has 6 rings (SSSR count). The van der Waals surface area contributed by atoms with Gasteiger partial charge >= 0.3 is 0 Å². The fraction of sp³-hybridized carbons (Fsp3) is 0.152. The van der Waals surface area contributed by atoms with Gasteiger partial charge in [-0.1, -0.05) is 54.6 Å². The summed E-state index contributed by atoms with van der Waals surface area (Å²) in [6.45, 7) is -0.289. The highest BCUT2D eigenvalue weighted by Crippen LogP contribution is 2.35. The SMILES string of the molecule is COc1ccc(C(C(=O)Nc2ccc3c(c2)OCO3)N(Cc2ccccc2)C(=O)CN2C(=O)C(=O)c3ccccc32)cc1. The van der Waals surface area contributed by atoms with Crippen LogP contribution in [0, 0.1) is 0 Å². The number of ketones is 1. The highest BCUT2D eigenvalue weighted by Gasteiger charge is 2.39. The van der Waals surface area contributed by atoms with Crippen molar-refractivity contribution in [2.75, 3.05) is 30.7 Å². The first kappa shape index (κ1) is 27.5. The van der Waals surface area contributed by atoms with E-state index in [-0.39, 0.29) is 18.9 Å². The third-order valence-corrected chi connectivity index (χ3v) is 7.32. The van der Waals surface area contributed by atoms with Gasteiger partial charge < -0.3 is 24.4 Å². The Morgan fingerprint density at radius 3 is 2.40 bits per heavy atom. The first-order chi connectivity index (χ1) is 20.9. The topological polar surface area (TPSA) is 114 Å². The zero-order valence-electron chi connectivity index (χ0n) is 23.2. The predicted octanol–water partition coefficient (Wildman–Crippen LogP) is 4.36. The summed E-state index contributed by atoms with van der Waals surface area (Å²) in [6, 6.07) is 26.5. The zero-order chi connectivity index (χ0) is 29.9. The molecule has 4 aromatic carbocycles. The van der Waals surface area contributed by atoms with Crippen molar-refractivity contribution in [2.45, 2.75) is 12.6 Å². The minimum Gasteiger partial charge on any atom is -0.497 e. The Morgan fingerprint density at radius 1 is 0.907 bits per heavy atom. The van der Waals surface area contributed by atoms with Crippen LogP contribution in [-0.4, -0.2) is 48.9 Å². The molecule has 1 atom stereocenters. The van der Waals surface area contributed by atoms with Crippen LogP contribution < -0.4 is 24.4 Å². The van der Waals surface area contributed by atoms with E-state index in [1.54, 1.807) is 66.7 Å². The van der Waals surface area contributed by atoms with E-state index in [0.717, 1.165) is 5.56 Å². The van der Waals surface area contributed by atoms with Crippen molar-refractivity contribution >= 4 is 34.9 Å². The van der Waals surface area contributed by atoms with Gasteiger partial charge in [-0.25, -0.2) is 0 Å². The summed E-state index contributed by atoms with van der Waals surface area (Å²) in [5, 5.41) is 2.91. The molecule has 0 saturated heterocycles. The quantitative estimate of drug-likeness (QED) is 0.294. The van der Waals surface area contributed by atoms with Crippen LogP contribution in [0.15, 0.2) is 97.1 Å². The molecule has 2 heterocycles. The number of methoxy groups -OCH3 is 1. The van der Waals surface area contributed by atoms with E-state index in [1.165, 1.54) is 16.9 Å². The fourth-order valence-electron chi connectivity index (χ4n) is 5.18. The molecule has 0 fully saturated rings. The monoisotopic (exact) mass is 577 g/mol. The fourth-order valence-corrected chi connectivity index (χ4v) is 5.18. The summed E-state index contributed by atoms with van der Waals surface area (Å²) in [4.78, 5) is 56.5. The van der Waals surface area contributed by atoms with E-state index in [2.05, 4.69) is 5.32 Å². The summed E-state index contributed by atoms with van der Waals surface area (Å²) >= 11 is 0. The average molecular weight is 578 g/mol. The van der Waals surface area contributed by atoms with Crippen molar-refractivity contribution in [3.8, 4) is 17.2 Å². The van der Waals surface area contributed by atoms with Gasteiger partial charge in [0.15, 0.2) is 11.5 Å². The normalized spacial score (nSPS) is 13.8. The molecule has 1 unspecified atom stereocenters. The number of nitrogens with one attached hydrogen (secondary N) is 1. The minimum atomic E-state index is -1.12. The number of anilines is 2. The van der Waals surface area contributed by atoms with Crippen LogP contribution in [0.2, 0.25) is 0 Å². The van der Waals surface area contributed by atoms with Crippen LogP contribution >= 0.6 is 0 Å². The Labute approximate surface area is 247 Å². The maximum atomic E-state index is 14.2. The summed E-state index contributed by atoms with van der Waals surface area (Å²) in [7, 11) is 1.54. The molecule has 3 amide bonds. The number of fused-ring (bicyclic) bond motifs is 2. The van der Waals surface area contributed by atoms with Gasteiger partial charge in [0.05, 0.1) is 18.4 Å². The van der Waals surface area contributed by atoms with Crippen LogP contribution in [0.3, 0.4) is 0 Å². The molecule has 43 heavy (non-hydrogen) atoms. The van der Waals surface area contributed by atoms with Crippen molar-refractivity contribution in [3.63, 3.8) is 0 Å². The lowest BCUT2D eigenvalue weighted by Crippen LogP contribution is -2.46. The van der Waals surface area contributed by atoms with Gasteiger partial charge in [-0.05, 0) is 47.5 Å². The van der Waals surface area contributed by atoms with Crippen LogP contribution in [0.25, 0.3) is 0 Å². The predicted molar refractivity (Wildman–Crippen MR) is 157 cm³/mol. The van der Waals surface area contributed by atoms with Gasteiger partial charge in [-0.15, -0.1) is 0 Å². The lowest BCUT2D eigenvalue weighted by atomic mass is 10.0. The maximum Gasteiger partial charge on any atom is 0.299 e. The number of hydrogen-bond acceptors (Lipinski definition) is 7. The summed E-state index contributed by atoms with van der Waals surface area (Å²) in [5.74, 6) is -0.842. The first-order valence-corrected chi connectivity index (χ1v) is 13.6. The van der Waals surface area contributed by atoms with E-state index in [9.17, 15) is 19.2 Å². The van der Waals surface area contributed by atoms with Gasteiger partial charge in [0, 0.05) is 18.3 Å². The van der Waals surface area contributed by atoms with Crippen molar-refractivity contribution in [3.05, 3.63) is 114 Å². The Bertz CT molecular complexity index is 1710. The third kappa shape index (κ3) is 5.50. The Hall–Kier alpha value is -5.64. The second kappa shape index (κ2) is 11.7. The van der Waals surface area contributed by atoms with Crippen molar-refractivity contribution in [1.82, 2.24) is 4.90 Å². The molecular weight excluding hydrogens is 550 g/mol. The molecular formula is C33H27N3O7. The molecule has 4 aromatic rings. The van der Waals surface area contributed by atoms with Crippen molar-refractivity contribution in [2.24, 2.45) is 0 Å². The Kier molecular flexibility index (Phi) is 7.48. The standard InChI is InChI=1S/C33H27N3O7/c1-41-24-14-11-22(12-15-24)30(32(39)34-23-13-16-27-28(17-23)43-20-42-27)36(18-21-7-3-2-4-8-21)29(37)19-35-26-10-6-5-9-25(26)31(38)33(35)40/h2-17,30H,18-20H2,1H3,(H,34,39). The molecule has 0 aromatic heterocycles. The number of para-hydroxylation sites is 1. The van der Waals surface area contributed by atoms with Crippen LogP contribution in [-0.2, 0) is 20.9 Å². The van der Waals surface area contributed by atoms with Crippen molar-refractivity contribution < 1.29 is 33.4 Å². The zero-order valence-corrected chi connectivity index (χ0v) is 23.2. The number of benzene rings is 4. The van der Waals surface area contributed by atoms with E-state index in [0.29, 0.717) is 34.2 Å². The molecule has 2 aliphatic heterocycles. The van der Waals surface area contributed by atoms with Gasteiger partial charge in [0.2, 0.25) is 12.7 Å². The second-order valence-corrected chi connectivity index (χ2v) is 9.98. The molecule has 0 radical (unpaired) electrons. The summed E-state index contributed by atoms with van der Waals surface area (Å²) in [5.41, 5.74) is 2.34. The van der Waals surface area contributed by atoms with E-state index in [1.807, 2.05) is 30.3 Å². The van der Waals surface area contributed by atoms with Crippen molar-refractivity contribution in [1.29, 1.82) is 0 Å². The largest absolute Gasteiger partial charge is 0.497 e. The number of amides is 3. The lowest BCUT2D eigenvalue weighted by Gasteiger charge is -2.33. The highest BCUT2D eigenvalue weighted by molar-refractivity contribution is 6.52. The lowest BCUT2D eigenvalue weighted by molar-refractivity contribution is -0.139. The molecule has 0 spiro atoms. The Balaban J connectivity index is 1.38. The first-order valence-electron chi connectivity index (χ1n) is 13.6. The molecule has 0 aliphatic carbocycles. The molecule has 2 aliphatic rings. The van der Waals surface area contributed by atoms with Gasteiger partial charge in [-0.3, -0.25) is 24.1 Å². The molecule has 0 saturated carbocycles. The molecule has 10 heteroatoms. The molecule has 1 N–H and O–H groups in total. The van der Waals surface area contributed by atoms with Crippen LogP contribution in [0.1, 0.15) is 27.5 Å². The third-order valence-electron chi connectivity index (χ3n) is 7.32. The van der Waals surface area contributed by atoms with E-state index < -0.39 is 36.1 Å². The molecule has 10 nitrogen and oxygen atoms in total. The number of carbonyl (C=O) groups is 4. The Morgan fingerprint density at radius 2 is 1.63 bits per heavy atom. The highest BCUT2D eigenvalue weighted by atomic mass is 16.7. The maximum absolute atomic E-state index is 14.2. The number of rotatable bonds is 9. The number of ether oxygens (including phenoxy) is 3. The minimum absolute atomic E-state index is 0.0581. The van der Waals surface area contributed by atoms with E-state index in [4.69, 9.17) is 14.2 Å². The van der Waals surface area contributed by atoms with Gasteiger partial charge in [0.25, 0.3) is 17.6 Å². The summed E-state index contributed by atoms with van der Waals surface area (Å²) < 4.78 is 16.2. The average Bonchev–Trinajstić information content (AvgIpc) is 3.60. The van der Waals surface area contributed by atoms with Crippen LogP contribution in [0.4, 0.5) is 11.4 Å². The summed E-state index contributed by atoms with van der Waals surface area (Å²) in [6.07, 6.45) is 0. The number of hydrogen-bond donors (Lipinski definition) is 1. The van der Waals surface area contributed by atoms with Crippen LogP contribution in [0.5, 0.6) is 17.2 Å². The number of nitrogens with zero attached hydrogens (tertiary/aromatic N) is 2. The van der Waals surface area contributed by atoms with Gasteiger partial charge in [0.1, 0.15) is 18.3 Å². The molecule has 0 bridgehead atoms. The molecule has 216 valence electrons. The second-order valence-electron chi connectivity index (χ2n) is 9.98. The van der Waals surface area contributed by atoms with E-state index >= 15 is 0 Å².